The van der Waals surface area contributed by atoms with E-state index in [-0.39, 0.29) is 0 Å². The molecule has 3 nitrogen and oxygen atoms in total. The fraction of sp³-hybridized carbons (Fsp3) is 0.250. The van der Waals surface area contributed by atoms with Gasteiger partial charge in [0.2, 0.25) is 5.89 Å². The van der Waals surface area contributed by atoms with Crippen molar-refractivity contribution in [1.29, 1.82) is 0 Å². The normalized spacial score (nSPS) is 12.7. The molecule has 3 heteroatoms. The molecular formula is C12H13NO2. The smallest absolute Gasteiger partial charge is 0.226 e. The predicted molar refractivity (Wildman–Crippen MR) is 57.3 cm³/mol. The number of aryl methyl sites for hydroxylation is 1. The SMILES string of the molecule is Cc1ccc(-c2nc(C(C)O)co2)cc1. The van der Waals surface area contributed by atoms with Gasteiger partial charge >= 0.3 is 0 Å². The first-order valence-electron chi connectivity index (χ1n) is 4.87. The van der Waals surface area contributed by atoms with Gasteiger partial charge in [-0.15, -0.1) is 0 Å². The Balaban J connectivity index is 2.33. The van der Waals surface area contributed by atoms with E-state index in [9.17, 15) is 5.11 Å². The number of rotatable bonds is 2. The van der Waals surface area contributed by atoms with E-state index < -0.39 is 6.10 Å². The Kier molecular flexibility index (Phi) is 2.56. The summed E-state index contributed by atoms with van der Waals surface area (Å²) in [5, 5.41) is 9.31. The molecule has 78 valence electrons. The lowest BCUT2D eigenvalue weighted by molar-refractivity contribution is 0.194. The molecule has 1 aromatic heterocycles. The molecule has 1 heterocycles. The maximum absolute atomic E-state index is 9.31. The summed E-state index contributed by atoms with van der Waals surface area (Å²) in [4.78, 5) is 4.19. The van der Waals surface area contributed by atoms with Crippen molar-refractivity contribution in [2.75, 3.05) is 0 Å². The van der Waals surface area contributed by atoms with Crippen molar-refractivity contribution in [2.24, 2.45) is 0 Å². The van der Waals surface area contributed by atoms with E-state index in [1.165, 1.54) is 11.8 Å². The van der Waals surface area contributed by atoms with Crippen LogP contribution in [0, 0.1) is 6.92 Å². The zero-order valence-corrected chi connectivity index (χ0v) is 8.77. The Morgan fingerprint density at radius 1 is 1.27 bits per heavy atom. The average molecular weight is 203 g/mol. The van der Waals surface area contributed by atoms with E-state index in [4.69, 9.17) is 4.42 Å². The van der Waals surface area contributed by atoms with Crippen molar-refractivity contribution in [1.82, 2.24) is 4.98 Å². The molecule has 0 aliphatic rings. The van der Waals surface area contributed by atoms with Crippen LogP contribution in [0.15, 0.2) is 34.9 Å². The third-order valence-corrected chi connectivity index (χ3v) is 2.25. The second-order valence-electron chi connectivity index (χ2n) is 3.62. The second-order valence-corrected chi connectivity index (χ2v) is 3.62. The van der Waals surface area contributed by atoms with Crippen molar-refractivity contribution in [3.63, 3.8) is 0 Å². The van der Waals surface area contributed by atoms with Gasteiger partial charge in [0.1, 0.15) is 12.0 Å². The quantitative estimate of drug-likeness (QED) is 0.816. The minimum Gasteiger partial charge on any atom is -0.444 e. The Labute approximate surface area is 88.4 Å². The molecule has 0 saturated heterocycles. The number of hydrogen-bond acceptors (Lipinski definition) is 3. The van der Waals surface area contributed by atoms with Gasteiger partial charge in [-0.2, -0.15) is 0 Å². The van der Waals surface area contributed by atoms with E-state index in [0.29, 0.717) is 11.6 Å². The summed E-state index contributed by atoms with van der Waals surface area (Å²) >= 11 is 0. The lowest BCUT2D eigenvalue weighted by atomic mass is 10.1. The molecule has 0 spiro atoms. The first-order valence-corrected chi connectivity index (χ1v) is 4.87. The van der Waals surface area contributed by atoms with Crippen LogP contribution < -0.4 is 0 Å². The monoisotopic (exact) mass is 203 g/mol. The second kappa shape index (κ2) is 3.87. The fourth-order valence-corrected chi connectivity index (χ4v) is 1.31. The third-order valence-electron chi connectivity index (χ3n) is 2.25. The van der Waals surface area contributed by atoms with E-state index >= 15 is 0 Å². The Morgan fingerprint density at radius 2 is 1.93 bits per heavy atom. The van der Waals surface area contributed by atoms with Crippen LogP contribution in [0.2, 0.25) is 0 Å². The largest absolute Gasteiger partial charge is 0.444 e. The molecule has 1 unspecified atom stereocenters. The minimum atomic E-state index is -0.590. The van der Waals surface area contributed by atoms with Crippen molar-refractivity contribution >= 4 is 0 Å². The van der Waals surface area contributed by atoms with E-state index in [1.54, 1.807) is 6.92 Å². The Hall–Kier alpha value is -1.61. The summed E-state index contributed by atoms with van der Waals surface area (Å²) in [5.74, 6) is 0.547. The summed E-state index contributed by atoms with van der Waals surface area (Å²) < 4.78 is 5.28. The molecule has 1 N–H and O–H groups in total. The van der Waals surface area contributed by atoms with Crippen LogP contribution in [0.5, 0.6) is 0 Å². The molecular weight excluding hydrogens is 190 g/mol. The molecule has 2 rings (SSSR count). The lowest BCUT2D eigenvalue weighted by Gasteiger charge is -1.96. The molecule has 1 aromatic carbocycles. The molecule has 0 aliphatic heterocycles. The summed E-state index contributed by atoms with van der Waals surface area (Å²) in [6.07, 6.45) is 0.896. The van der Waals surface area contributed by atoms with Crippen LogP contribution >= 0.6 is 0 Å². The number of oxazole rings is 1. The zero-order valence-electron chi connectivity index (χ0n) is 8.77. The molecule has 1 atom stereocenters. The molecule has 2 aromatic rings. The summed E-state index contributed by atoms with van der Waals surface area (Å²) in [5.41, 5.74) is 2.68. The predicted octanol–water partition coefficient (Wildman–Crippen LogP) is 2.70. The zero-order chi connectivity index (χ0) is 10.8. The first kappa shape index (κ1) is 9.93. The summed E-state index contributed by atoms with van der Waals surface area (Å²) in [6.45, 7) is 3.69. The van der Waals surface area contributed by atoms with E-state index in [2.05, 4.69) is 4.98 Å². The maximum atomic E-state index is 9.31. The summed E-state index contributed by atoms with van der Waals surface area (Å²) in [7, 11) is 0. The van der Waals surface area contributed by atoms with Gasteiger partial charge in [0.05, 0.1) is 6.10 Å². The number of aliphatic hydroxyl groups excluding tert-OH is 1. The van der Waals surface area contributed by atoms with Crippen LogP contribution in [-0.2, 0) is 0 Å². The highest BCUT2D eigenvalue weighted by molar-refractivity contribution is 5.53. The molecule has 15 heavy (non-hydrogen) atoms. The number of aliphatic hydroxyl groups is 1. The molecule has 0 aliphatic carbocycles. The van der Waals surface area contributed by atoms with E-state index in [1.807, 2.05) is 31.2 Å². The molecule has 0 saturated carbocycles. The van der Waals surface area contributed by atoms with Crippen molar-refractivity contribution in [3.8, 4) is 11.5 Å². The van der Waals surface area contributed by atoms with Crippen LogP contribution in [-0.4, -0.2) is 10.1 Å². The van der Waals surface area contributed by atoms with E-state index in [0.717, 1.165) is 5.56 Å². The molecule has 0 amide bonds. The van der Waals surface area contributed by atoms with Gasteiger partial charge in [-0.1, -0.05) is 17.7 Å². The van der Waals surface area contributed by atoms with Gasteiger partial charge in [-0.3, -0.25) is 0 Å². The fourth-order valence-electron chi connectivity index (χ4n) is 1.31. The number of hydrogen-bond donors (Lipinski definition) is 1. The van der Waals surface area contributed by atoms with Gasteiger partial charge in [0.25, 0.3) is 0 Å². The number of benzene rings is 1. The highest BCUT2D eigenvalue weighted by atomic mass is 16.3. The van der Waals surface area contributed by atoms with Crippen molar-refractivity contribution in [3.05, 3.63) is 41.8 Å². The molecule has 0 bridgehead atoms. The Bertz CT molecular complexity index is 443. The van der Waals surface area contributed by atoms with Gasteiger partial charge < -0.3 is 9.52 Å². The molecule has 0 radical (unpaired) electrons. The van der Waals surface area contributed by atoms with Gasteiger partial charge in [0, 0.05) is 5.56 Å². The van der Waals surface area contributed by atoms with Crippen molar-refractivity contribution in [2.45, 2.75) is 20.0 Å². The maximum Gasteiger partial charge on any atom is 0.226 e. The van der Waals surface area contributed by atoms with Gasteiger partial charge in [-0.25, -0.2) is 4.98 Å². The van der Waals surface area contributed by atoms with Crippen LogP contribution in [0.3, 0.4) is 0 Å². The summed E-state index contributed by atoms with van der Waals surface area (Å²) in [6, 6.07) is 7.91. The standard InChI is InChI=1S/C12H13NO2/c1-8-3-5-10(6-4-8)12-13-11(7-15-12)9(2)14/h3-7,9,14H,1-2H3. The highest BCUT2D eigenvalue weighted by Gasteiger charge is 2.09. The third kappa shape index (κ3) is 2.07. The first-order chi connectivity index (χ1) is 7.16. The average Bonchev–Trinajstić information content (AvgIpc) is 2.68. The topological polar surface area (TPSA) is 46.3 Å². The highest BCUT2D eigenvalue weighted by Crippen LogP contribution is 2.21. The van der Waals surface area contributed by atoms with Crippen LogP contribution in [0.25, 0.3) is 11.5 Å². The van der Waals surface area contributed by atoms with Crippen LogP contribution in [0.1, 0.15) is 24.3 Å². The minimum absolute atomic E-state index is 0.547. The Morgan fingerprint density at radius 3 is 2.47 bits per heavy atom. The molecule has 0 fully saturated rings. The van der Waals surface area contributed by atoms with Crippen LogP contribution in [0.4, 0.5) is 0 Å². The number of aromatic nitrogens is 1. The number of nitrogens with zero attached hydrogens (tertiary/aromatic N) is 1. The lowest BCUT2D eigenvalue weighted by Crippen LogP contribution is -1.90. The van der Waals surface area contributed by atoms with Crippen molar-refractivity contribution < 1.29 is 9.52 Å². The van der Waals surface area contributed by atoms with Gasteiger partial charge in [-0.05, 0) is 26.0 Å². The van der Waals surface area contributed by atoms with Gasteiger partial charge in [0.15, 0.2) is 0 Å².